The summed E-state index contributed by atoms with van der Waals surface area (Å²) in [5, 5.41) is 3.51. The van der Waals surface area contributed by atoms with Gasteiger partial charge in [-0.1, -0.05) is 19.9 Å². The van der Waals surface area contributed by atoms with Crippen molar-refractivity contribution in [3.8, 4) is 5.75 Å². The molecule has 1 aromatic carbocycles. The molecule has 1 fully saturated rings. The number of ether oxygens (including phenoxy) is 1. The highest BCUT2D eigenvalue weighted by Gasteiger charge is 2.22. The van der Waals surface area contributed by atoms with Gasteiger partial charge < -0.3 is 10.1 Å². The lowest BCUT2D eigenvalue weighted by Gasteiger charge is -2.35. The maximum Gasteiger partial charge on any atom is 0.131 e. The topological polar surface area (TPSA) is 24.5 Å². The van der Waals surface area contributed by atoms with Gasteiger partial charge in [0.05, 0.1) is 7.11 Å². The normalized spacial score (nSPS) is 20.8. The summed E-state index contributed by atoms with van der Waals surface area (Å²) in [6.07, 6.45) is 0. The Morgan fingerprint density at radius 3 is 2.89 bits per heavy atom. The molecule has 1 aliphatic rings. The van der Waals surface area contributed by atoms with Gasteiger partial charge in [-0.2, -0.15) is 0 Å². The van der Waals surface area contributed by atoms with Crippen molar-refractivity contribution in [1.82, 2.24) is 10.2 Å². The number of hydrogen-bond acceptors (Lipinski definition) is 3. The minimum absolute atomic E-state index is 0.182. The molecule has 4 heteroatoms. The number of nitrogens with one attached hydrogen (secondary N) is 1. The lowest BCUT2D eigenvalue weighted by molar-refractivity contribution is 0.167. The van der Waals surface area contributed by atoms with Gasteiger partial charge in [0.1, 0.15) is 11.6 Å². The molecule has 0 spiro atoms. The molecule has 0 radical (unpaired) electrons. The second-order valence-corrected chi connectivity index (χ2v) is 5.50. The van der Waals surface area contributed by atoms with E-state index in [-0.39, 0.29) is 5.82 Å². The standard InChI is InChI=1S/C15H23FN2O/c1-11(2)15-10-18(7-6-17-15)9-12-4-5-13(19-3)8-14(12)16/h4-5,8,11,15,17H,6-7,9-10H2,1-3H3. The zero-order valence-electron chi connectivity index (χ0n) is 11.9. The molecular formula is C15H23FN2O. The predicted octanol–water partition coefficient (Wildman–Crippen LogP) is 2.26. The first-order chi connectivity index (χ1) is 9.10. The maximum absolute atomic E-state index is 13.9. The van der Waals surface area contributed by atoms with Gasteiger partial charge in [-0.15, -0.1) is 0 Å². The van der Waals surface area contributed by atoms with Crippen LogP contribution in [0.25, 0.3) is 0 Å². The molecule has 1 aromatic rings. The summed E-state index contributed by atoms with van der Waals surface area (Å²) in [7, 11) is 1.55. The summed E-state index contributed by atoms with van der Waals surface area (Å²) < 4.78 is 19.0. The molecule has 19 heavy (non-hydrogen) atoms. The van der Waals surface area contributed by atoms with Crippen molar-refractivity contribution in [2.24, 2.45) is 5.92 Å². The summed E-state index contributed by atoms with van der Waals surface area (Å²) >= 11 is 0. The van der Waals surface area contributed by atoms with Crippen LogP contribution in [0.15, 0.2) is 18.2 Å². The van der Waals surface area contributed by atoms with Crippen LogP contribution >= 0.6 is 0 Å². The molecular weight excluding hydrogens is 243 g/mol. The van der Waals surface area contributed by atoms with Crippen LogP contribution in [-0.2, 0) is 6.54 Å². The van der Waals surface area contributed by atoms with E-state index in [1.54, 1.807) is 7.11 Å². The van der Waals surface area contributed by atoms with E-state index in [1.165, 1.54) is 6.07 Å². The molecule has 1 atom stereocenters. The van der Waals surface area contributed by atoms with Crippen molar-refractivity contribution >= 4 is 0 Å². The van der Waals surface area contributed by atoms with Crippen LogP contribution in [0, 0.1) is 11.7 Å². The van der Waals surface area contributed by atoms with Gasteiger partial charge in [-0.25, -0.2) is 4.39 Å². The molecule has 2 rings (SSSR count). The second-order valence-electron chi connectivity index (χ2n) is 5.50. The van der Waals surface area contributed by atoms with E-state index in [9.17, 15) is 4.39 Å². The Morgan fingerprint density at radius 2 is 2.26 bits per heavy atom. The van der Waals surface area contributed by atoms with Crippen molar-refractivity contribution in [3.63, 3.8) is 0 Å². The number of rotatable bonds is 4. The third-order valence-corrected chi connectivity index (χ3v) is 3.75. The molecule has 0 aromatic heterocycles. The van der Waals surface area contributed by atoms with Crippen LogP contribution in [0.5, 0.6) is 5.75 Å². The molecule has 0 saturated carbocycles. The smallest absolute Gasteiger partial charge is 0.131 e. The molecule has 1 N–H and O–H groups in total. The largest absolute Gasteiger partial charge is 0.497 e. The SMILES string of the molecule is COc1ccc(CN2CCNC(C(C)C)C2)c(F)c1. The van der Waals surface area contributed by atoms with E-state index in [2.05, 4.69) is 24.1 Å². The van der Waals surface area contributed by atoms with Crippen LogP contribution < -0.4 is 10.1 Å². The number of piperazine rings is 1. The number of hydrogen-bond donors (Lipinski definition) is 1. The van der Waals surface area contributed by atoms with Gasteiger partial charge in [0.2, 0.25) is 0 Å². The quantitative estimate of drug-likeness (QED) is 0.904. The Bertz CT molecular complexity index is 423. The molecule has 0 amide bonds. The monoisotopic (exact) mass is 266 g/mol. The number of benzene rings is 1. The van der Waals surface area contributed by atoms with E-state index >= 15 is 0 Å². The molecule has 0 aliphatic carbocycles. The van der Waals surface area contributed by atoms with Crippen LogP contribution in [0.2, 0.25) is 0 Å². The highest BCUT2D eigenvalue weighted by molar-refractivity contribution is 5.28. The van der Waals surface area contributed by atoms with Crippen molar-refractivity contribution in [3.05, 3.63) is 29.6 Å². The van der Waals surface area contributed by atoms with Gasteiger partial charge in [0.15, 0.2) is 0 Å². The van der Waals surface area contributed by atoms with Gasteiger partial charge in [-0.05, 0) is 12.0 Å². The van der Waals surface area contributed by atoms with Gasteiger partial charge in [0.25, 0.3) is 0 Å². The number of halogens is 1. The van der Waals surface area contributed by atoms with Crippen LogP contribution in [0.4, 0.5) is 4.39 Å². The molecule has 1 heterocycles. The third-order valence-electron chi connectivity index (χ3n) is 3.75. The summed E-state index contributed by atoms with van der Waals surface area (Å²) in [5.41, 5.74) is 0.741. The Hall–Kier alpha value is -1.13. The Kier molecular flexibility index (Phi) is 4.77. The van der Waals surface area contributed by atoms with E-state index in [0.717, 1.165) is 25.2 Å². The van der Waals surface area contributed by atoms with E-state index in [1.807, 2.05) is 12.1 Å². The summed E-state index contributed by atoms with van der Waals surface area (Å²) in [5.74, 6) is 0.990. The molecule has 1 saturated heterocycles. The Balaban J connectivity index is 2.00. The average molecular weight is 266 g/mol. The second kappa shape index (κ2) is 6.35. The Labute approximate surface area is 114 Å². The fourth-order valence-corrected chi connectivity index (χ4v) is 2.46. The van der Waals surface area contributed by atoms with Crippen LogP contribution in [0.3, 0.4) is 0 Å². The maximum atomic E-state index is 13.9. The Morgan fingerprint density at radius 1 is 1.47 bits per heavy atom. The average Bonchev–Trinajstić information content (AvgIpc) is 2.41. The lowest BCUT2D eigenvalue weighted by Crippen LogP contribution is -2.52. The predicted molar refractivity (Wildman–Crippen MR) is 74.9 cm³/mol. The molecule has 0 bridgehead atoms. The first-order valence-corrected chi connectivity index (χ1v) is 6.88. The van der Waals surface area contributed by atoms with Crippen LogP contribution in [-0.4, -0.2) is 37.7 Å². The highest BCUT2D eigenvalue weighted by Crippen LogP contribution is 2.19. The fraction of sp³-hybridized carbons (Fsp3) is 0.600. The molecule has 1 aliphatic heterocycles. The number of methoxy groups -OCH3 is 1. The van der Waals surface area contributed by atoms with Crippen molar-refractivity contribution in [1.29, 1.82) is 0 Å². The van der Waals surface area contributed by atoms with Crippen molar-refractivity contribution < 1.29 is 9.13 Å². The molecule has 1 unspecified atom stereocenters. The zero-order chi connectivity index (χ0) is 13.8. The minimum atomic E-state index is -0.182. The first-order valence-electron chi connectivity index (χ1n) is 6.88. The van der Waals surface area contributed by atoms with Gasteiger partial charge in [-0.3, -0.25) is 4.90 Å². The zero-order valence-corrected chi connectivity index (χ0v) is 11.9. The van der Waals surface area contributed by atoms with Gasteiger partial charge in [0, 0.05) is 43.9 Å². The van der Waals surface area contributed by atoms with Gasteiger partial charge >= 0.3 is 0 Å². The van der Waals surface area contributed by atoms with E-state index in [4.69, 9.17) is 4.74 Å². The molecule has 106 valence electrons. The summed E-state index contributed by atoms with van der Waals surface area (Å²) in [4.78, 5) is 2.31. The lowest BCUT2D eigenvalue weighted by atomic mass is 10.0. The fourth-order valence-electron chi connectivity index (χ4n) is 2.46. The van der Waals surface area contributed by atoms with E-state index in [0.29, 0.717) is 24.3 Å². The van der Waals surface area contributed by atoms with Crippen molar-refractivity contribution in [2.75, 3.05) is 26.7 Å². The summed E-state index contributed by atoms with van der Waals surface area (Å²) in [6.45, 7) is 8.02. The first kappa shape index (κ1) is 14.3. The van der Waals surface area contributed by atoms with E-state index < -0.39 is 0 Å². The third kappa shape index (κ3) is 3.67. The molecule has 3 nitrogen and oxygen atoms in total. The highest BCUT2D eigenvalue weighted by atomic mass is 19.1. The number of nitrogens with zero attached hydrogens (tertiary/aromatic N) is 1. The summed E-state index contributed by atoms with van der Waals surface area (Å²) in [6, 6.07) is 5.59. The van der Waals surface area contributed by atoms with Crippen molar-refractivity contribution in [2.45, 2.75) is 26.4 Å². The minimum Gasteiger partial charge on any atom is -0.497 e. The van der Waals surface area contributed by atoms with Crippen LogP contribution in [0.1, 0.15) is 19.4 Å².